The van der Waals surface area contributed by atoms with Gasteiger partial charge in [0, 0.05) is 54.7 Å². The third kappa shape index (κ3) is 4.01. The number of hydrogen-bond donors (Lipinski definition) is 1. The molecule has 1 saturated heterocycles. The van der Waals surface area contributed by atoms with E-state index in [-0.39, 0.29) is 22.4 Å². The number of nitro groups is 1. The largest absolute Gasteiger partial charge is 0.361 e. The van der Waals surface area contributed by atoms with Crippen LogP contribution in [-0.2, 0) is 4.79 Å². The molecule has 0 saturated carbocycles. The maximum absolute atomic E-state index is 13.1. The Hall–Kier alpha value is -3.15. The van der Waals surface area contributed by atoms with Crippen molar-refractivity contribution >= 4 is 22.5 Å². The molecule has 1 N–H and O–H groups in total. The number of fused-ring (bicyclic) bond motifs is 1. The van der Waals surface area contributed by atoms with Gasteiger partial charge in [0.25, 0.3) is 5.69 Å². The predicted molar refractivity (Wildman–Crippen MR) is 113 cm³/mol. The van der Waals surface area contributed by atoms with Gasteiger partial charge in [0.05, 0.1) is 4.92 Å². The average molecular weight is 391 g/mol. The Morgan fingerprint density at radius 2 is 1.97 bits per heavy atom. The Labute approximate surface area is 169 Å². The van der Waals surface area contributed by atoms with Crippen molar-refractivity contribution in [3.05, 3.63) is 76.0 Å². The molecule has 1 fully saturated rings. The van der Waals surface area contributed by atoms with Gasteiger partial charge >= 0.3 is 0 Å². The number of rotatable bonds is 5. The van der Waals surface area contributed by atoms with Crippen molar-refractivity contribution in [2.24, 2.45) is 5.92 Å². The van der Waals surface area contributed by atoms with E-state index in [9.17, 15) is 14.9 Å². The van der Waals surface area contributed by atoms with E-state index in [1.807, 2.05) is 41.4 Å². The van der Waals surface area contributed by atoms with E-state index in [0.29, 0.717) is 12.3 Å². The summed E-state index contributed by atoms with van der Waals surface area (Å²) in [5, 5.41) is 12.3. The van der Waals surface area contributed by atoms with Crippen LogP contribution in [0.25, 0.3) is 10.9 Å². The molecule has 1 aliphatic rings. The summed E-state index contributed by atoms with van der Waals surface area (Å²) in [5.41, 5.74) is 2.84. The predicted octanol–water partition coefficient (Wildman–Crippen LogP) is 4.86. The zero-order valence-corrected chi connectivity index (χ0v) is 16.5. The second-order valence-electron chi connectivity index (χ2n) is 7.96. The van der Waals surface area contributed by atoms with Gasteiger partial charge in [0.2, 0.25) is 5.91 Å². The van der Waals surface area contributed by atoms with Gasteiger partial charge in [-0.3, -0.25) is 14.9 Å². The molecule has 3 aromatic rings. The van der Waals surface area contributed by atoms with Gasteiger partial charge in [-0.2, -0.15) is 0 Å². The number of carbonyl (C=O) groups excluding carboxylic acids is 1. The molecule has 0 bridgehead atoms. The molecule has 4 rings (SSSR count). The topological polar surface area (TPSA) is 79.2 Å². The number of nitro benzene ring substituents is 1. The lowest BCUT2D eigenvalue weighted by Crippen LogP contribution is -2.38. The number of H-pyrrole nitrogens is 1. The minimum Gasteiger partial charge on any atom is -0.361 e. The van der Waals surface area contributed by atoms with Crippen LogP contribution in [-0.4, -0.2) is 33.8 Å². The number of benzene rings is 2. The number of likely N-dealkylation sites (tertiary alicyclic amines) is 1. The van der Waals surface area contributed by atoms with Crippen molar-refractivity contribution in [1.29, 1.82) is 0 Å². The number of non-ortho nitro benzene ring substituents is 1. The van der Waals surface area contributed by atoms with Crippen LogP contribution in [0.2, 0.25) is 0 Å². The highest BCUT2D eigenvalue weighted by molar-refractivity contribution is 5.86. The van der Waals surface area contributed by atoms with Gasteiger partial charge in [-0.1, -0.05) is 37.3 Å². The lowest BCUT2D eigenvalue weighted by atomic mass is 9.87. The first-order valence-electron chi connectivity index (χ1n) is 10.1. The monoisotopic (exact) mass is 391 g/mol. The highest BCUT2D eigenvalue weighted by atomic mass is 16.6. The lowest BCUT2D eigenvalue weighted by Gasteiger charge is -2.31. The van der Waals surface area contributed by atoms with E-state index in [1.54, 1.807) is 12.1 Å². The van der Waals surface area contributed by atoms with Crippen molar-refractivity contribution in [1.82, 2.24) is 9.88 Å². The summed E-state index contributed by atoms with van der Waals surface area (Å²) >= 11 is 0. The molecule has 2 heterocycles. The molecule has 1 unspecified atom stereocenters. The van der Waals surface area contributed by atoms with Crippen LogP contribution in [0.1, 0.15) is 43.2 Å². The molecule has 0 spiro atoms. The third-order valence-corrected chi connectivity index (χ3v) is 6.00. The van der Waals surface area contributed by atoms with Crippen molar-refractivity contribution in [3.8, 4) is 0 Å². The van der Waals surface area contributed by atoms with Gasteiger partial charge in [0.15, 0.2) is 0 Å². The number of aromatic nitrogens is 1. The molecule has 29 heavy (non-hydrogen) atoms. The first kappa shape index (κ1) is 19.2. The summed E-state index contributed by atoms with van der Waals surface area (Å²) in [5.74, 6) is 0.525. The van der Waals surface area contributed by atoms with E-state index < -0.39 is 0 Å². The standard InChI is InChI=1S/C23H25N3O3/c1-16-9-11-25(12-10-16)23(27)14-20(17-5-4-6-18(13-17)26(28)29)21-15-24-22-8-3-2-7-19(21)22/h2-8,13,15-16,20,24H,9-12,14H2,1H3. The molecule has 1 amide bonds. The minimum atomic E-state index is -0.385. The lowest BCUT2D eigenvalue weighted by molar-refractivity contribution is -0.384. The fourth-order valence-electron chi connectivity index (χ4n) is 4.21. The van der Waals surface area contributed by atoms with Crippen molar-refractivity contribution in [3.63, 3.8) is 0 Å². The Morgan fingerprint density at radius 3 is 2.72 bits per heavy atom. The number of para-hydroxylation sites is 1. The minimum absolute atomic E-state index is 0.0478. The van der Waals surface area contributed by atoms with Crippen LogP contribution in [0, 0.1) is 16.0 Å². The molecular weight excluding hydrogens is 366 g/mol. The molecule has 6 nitrogen and oxygen atoms in total. The molecule has 150 valence electrons. The quantitative estimate of drug-likeness (QED) is 0.498. The molecule has 1 aliphatic heterocycles. The van der Waals surface area contributed by atoms with Crippen LogP contribution in [0.3, 0.4) is 0 Å². The zero-order chi connectivity index (χ0) is 20.4. The highest BCUT2D eigenvalue weighted by Gasteiger charge is 2.27. The maximum Gasteiger partial charge on any atom is 0.269 e. The van der Waals surface area contributed by atoms with Gasteiger partial charge < -0.3 is 9.88 Å². The molecule has 1 aromatic heterocycles. The fraction of sp³-hybridized carbons (Fsp3) is 0.348. The number of nitrogens with zero attached hydrogens (tertiary/aromatic N) is 2. The summed E-state index contributed by atoms with van der Waals surface area (Å²) in [7, 11) is 0. The number of piperidine rings is 1. The normalized spacial score (nSPS) is 16.1. The molecule has 2 aromatic carbocycles. The number of nitrogens with one attached hydrogen (secondary N) is 1. The van der Waals surface area contributed by atoms with Crippen LogP contribution < -0.4 is 0 Å². The Kier molecular flexibility index (Phi) is 5.34. The van der Waals surface area contributed by atoms with Gasteiger partial charge in [0.1, 0.15) is 0 Å². The number of hydrogen-bond acceptors (Lipinski definition) is 3. The molecule has 6 heteroatoms. The molecule has 0 aliphatic carbocycles. The Bertz CT molecular complexity index is 1030. The van der Waals surface area contributed by atoms with Crippen molar-refractivity contribution < 1.29 is 9.72 Å². The van der Waals surface area contributed by atoms with E-state index in [4.69, 9.17) is 0 Å². The first-order chi connectivity index (χ1) is 14.0. The van der Waals surface area contributed by atoms with Crippen molar-refractivity contribution in [2.75, 3.05) is 13.1 Å². The number of aromatic amines is 1. The van der Waals surface area contributed by atoms with Crippen LogP contribution in [0.15, 0.2) is 54.7 Å². The summed E-state index contributed by atoms with van der Waals surface area (Å²) in [6.07, 6.45) is 4.29. The Morgan fingerprint density at radius 1 is 1.21 bits per heavy atom. The third-order valence-electron chi connectivity index (χ3n) is 6.00. The average Bonchev–Trinajstić information content (AvgIpc) is 3.16. The second-order valence-corrected chi connectivity index (χ2v) is 7.96. The van der Waals surface area contributed by atoms with Crippen LogP contribution in [0.4, 0.5) is 5.69 Å². The molecular formula is C23H25N3O3. The summed E-state index contributed by atoms with van der Waals surface area (Å²) < 4.78 is 0. The molecule has 0 radical (unpaired) electrons. The fourth-order valence-corrected chi connectivity index (χ4v) is 4.21. The van der Waals surface area contributed by atoms with Gasteiger partial charge in [-0.05, 0) is 36.0 Å². The van der Waals surface area contributed by atoms with Crippen molar-refractivity contribution in [2.45, 2.75) is 32.1 Å². The number of carbonyl (C=O) groups is 1. The Balaban J connectivity index is 1.70. The summed E-state index contributed by atoms with van der Waals surface area (Å²) in [6, 6.07) is 14.6. The van der Waals surface area contributed by atoms with E-state index in [2.05, 4.69) is 11.9 Å². The van der Waals surface area contributed by atoms with Crippen LogP contribution >= 0.6 is 0 Å². The molecule has 1 atom stereocenters. The number of amides is 1. The smallest absolute Gasteiger partial charge is 0.269 e. The van der Waals surface area contributed by atoms with Gasteiger partial charge in [-0.25, -0.2) is 0 Å². The van der Waals surface area contributed by atoms with E-state index in [1.165, 1.54) is 6.07 Å². The summed E-state index contributed by atoms with van der Waals surface area (Å²) in [6.45, 7) is 3.80. The van der Waals surface area contributed by atoms with E-state index >= 15 is 0 Å². The second kappa shape index (κ2) is 8.07. The van der Waals surface area contributed by atoms with E-state index in [0.717, 1.165) is 48.0 Å². The zero-order valence-electron chi connectivity index (χ0n) is 16.5. The van der Waals surface area contributed by atoms with Gasteiger partial charge in [-0.15, -0.1) is 0 Å². The maximum atomic E-state index is 13.1. The first-order valence-corrected chi connectivity index (χ1v) is 10.1. The summed E-state index contributed by atoms with van der Waals surface area (Å²) in [4.78, 5) is 29.3. The van der Waals surface area contributed by atoms with Crippen LogP contribution in [0.5, 0.6) is 0 Å². The highest BCUT2D eigenvalue weighted by Crippen LogP contribution is 2.35. The SMILES string of the molecule is CC1CCN(C(=O)CC(c2cccc([N+](=O)[O-])c2)c2c[nH]c3ccccc23)CC1.